The average molecular weight is 254 g/mol. The van der Waals surface area contributed by atoms with Crippen LogP contribution in [-0.4, -0.2) is 36.6 Å². The molecule has 1 aliphatic heterocycles. The minimum atomic E-state index is 0.721. The number of likely N-dealkylation sites (tertiary alicyclic amines) is 1. The molecule has 108 valence electrons. The molecule has 1 heterocycles. The summed E-state index contributed by atoms with van der Waals surface area (Å²) < 4.78 is 0. The van der Waals surface area contributed by atoms with Gasteiger partial charge in [-0.3, -0.25) is 0 Å². The summed E-state index contributed by atoms with van der Waals surface area (Å²) in [5.41, 5.74) is 0. The molecule has 1 N–H and O–H groups in total. The van der Waals surface area contributed by atoms with E-state index in [2.05, 4.69) is 37.9 Å². The molecule has 0 aromatic carbocycles. The van der Waals surface area contributed by atoms with Gasteiger partial charge in [0.2, 0.25) is 0 Å². The summed E-state index contributed by atoms with van der Waals surface area (Å²) in [5.74, 6) is 0.896. The molecule has 18 heavy (non-hydrogen) atoms. The molecule has 2 nitrogen and oxygen atoms in total. The summed E-state index contributed by atoms with van der Waals surface area (Å²) in [7, 11) is 0. The van der Waals surface area contributed by atoms with Crippen molar-refractivity contribution in [3.63, 3.8) is 0 Å². The van der Waals surface area contributed by atoms with Gasteiger partial charge in [-0.05, 0) is 58.7 Å². The summed E-state index contributed by atoms with van der Waals surface area (Å²) in [6.45, 7) is 13.0. The average Bonchev–Trinajstić information content (AvgIpc) is 2.39. The molecule has 0 aromatic rings. The highest BCUT2D eigenvalue weighted by Gasteiger charge is 2.20. The number of hydrogen-bond acceptors (Lipinski definition) is 2. The second kappa shape index (κ2) is 8.92. The van der Waals surface area contributed by atoms with E-state index in [4.69, 9.17) is 0 Å². The van der Waals surface area contributed by atoms with Crippen LogP contribution in [0.2, 0.25) is 0 Å². The molecule has 1 rings (SSSR count). The van der Waals surface area contributed by atoms with Crippen LogP contribution in [0.5, 0.6) is 0 Å². The Bertz CT molecular complexity index is 195. The van der Waals surface area contributed by atoms with Crippen LogP contribution in [0.1, 0.15) is 66.2 Å². The molecule has 2 heteroatoms. The maximum absolute atomic E-state index is 3.81. The van der Waals surface area contributed by atoms with Gasteiger partial charge in [0.15, 0.2) is 0 Å². The first-order valence-electron chi connectivity index (χ1n) is 8.14. The van der Waals surface area contributed by atoms with Crippen molar-refractivity contribution in [1.82, 2.24) is 10.2 Å². The lowest BCUT2D eigenvalue weighted by Crippen LogP contribution is -2.45. The highest BCUT2D eigenvalue weighted by Crippen LogP contribution is 2.15. The zero-order chi connectivity index (χ0) is 13.4. The van der Waals surface area contributed by atoms with Crippen molar-refractivity contribution in [2.45, 2.75) is 78.3 Å². The highest BCUT2D eigenvalue weighted by atomic mass is 15.2. The van der Waals surface area contributed by atoms with Crippen LogP contribution in [0.4, 0.5) is 0 Å². The Labute approximate surface area is 115 Å². The summed E-state index contributed by atoms with van der Waals surface area (Å²) in [4.78, 5) is 2.60. The molecule has 0 aliphatic carbocycles. The molecular formula is C16H34N2. The van der Waals surface area contributed by atoms with Gasteiger partial charge < -0.3 is 10.2 Å². The van der Waals surface area contributed by atoms with Crippen molar-refractivity contribution < 1.29 is 0 Å². The van der Waals surface area contributed by atoms with Crippen molar-refractivity contribution in [1.29, 1.82) is 0 Å². The Morgan fingerprint density at radius 2 is 1.83 bits per heavy atom. The van der Waals surface area contributed by atoms with Crippen molar-refractivity contribution in [2.24, 2.45) is 5.92 Å². The number of piperidine rings is 1. The molecule has 0 amide bonds. The molecule has 1 atom stereocenters. The third-order valence-corrected chi connectivity index (χ3v) is 4.50. The number of nitrogens with one attached hydrogen (secondary N) is 1. The van der Waals surface area contributed by atoms with E-state index in [0.29, 0.717) is 0 Å². The monoisotopic (exact) mass is 254 g/mol. The van der Waals surface area contributed by atoms with Crippen molar-refractivity contribution in [2.75, 3.05) is 19.6 Å². The second-order valence-electron chi connectivity index (χ2n) is 6.23. The first-order valence-corrected chi connectivity index (χ1v) is 8.14. The summed E-state index contributed by atoms with van der Waals surface area (Å²) in [5, 5.41) is 3.81. The number of rotatable bonds is 8. The molecule has 1 fully saturated rings. The highest BCUT2D eigenvalue weighted by molar-refractivity contribution is 4.79. The zero-order valence-corrected chi connectivity index (χ0v) is 13.0. The minimum Gasteiger partial charge on any atom is -0.314 e. The fourth-order valence-electron chi connectivity index (χ4n) is 2.90. The van der Waals surface area contributed by atoms with Crippen LogP contribution >= 0.6 is 0 Å². The Kier molecular flexibility index (Phi) is 7.92. The van der Waals surface area contributed by atoms with Crippen molar-refractivity contribution >= 4 is 0 Å². The third kappa shape index (κ3) is 5.71. The fraction of sp³-hybridized carbons (Fsp3) is 1.00. The maximum atomic E-state index is 3.81. The summed E-state index contributed by atoms with van der Waals surface area (Å²) >= 11 is 0. The second-order valence-corrected chi connectivity index (χ2v) is 6.23. The number of unbranched alkanes of at least 4 members (excludes halogenated alkanes) is 1. The topological polar surface area (TPSA) is 15.3 Å². The molecule has 1 aliphatic rings. The Morgan fingerprint density at radius 1 is 1.17 bits per heavy atom. The Balaban J connectivity index is 2.16. The minimum absolute atomic E-state index is 0.721. The van der Waals surface area contributed by atoms with Crippen LogP contribution in [0.25, 0.3) is 0 Å². The van der Waals surface area contributed by atoms with Gasteiger partial charge in [0, 0.05) is 12.1 Å². The van der Waals surface area contributed by atoms with Gasteiger partial charge in [-0.2, -0.15) is 0 Å². The lowest BCUT2D eigenvalue weighted by molar-refractivity contribution is 0.158. The van der Waals surface area contributed by atoms with E-state index in [1.165, 1.54) is 58.2 Å². The van der Waals surface area contributed by atoms with E-state index >= 15 is 0 Å². The normalized spacial score (nSPS) is 20.5. The first kappa shape index (κ1) is 16.0. The quantitative estimate of drug-likeness (QED) is 0.711. The molecule has 1 saturated heterocycles. The van der Waals surface area contributed by atoms with E-state index in [-0.39, 0.29) is 0 Å². The fourth-order valence-corrected chi connectivity index (χ4v) is 2.90. The van der Waals surface area contributed by atoms with E-state index in [1.54, 1.807) is 0 Å². The van der Waals surface area contributed by atoms with Gasteiger partial charge in [0.25, 0.3) is 0 Å². The van der Waals surface area contributed by atoms with Crippen molar-refractivity contribution in [3.05, 3.63) is 0 Å². The predicted octanol–water partition coefficient (Wildman–Crippen LogP) is 3.67. The Hall–Kier alpha value is -0.0800. The van der Waals surface area contributed by atoms with E-state index < -0.39 is 0 Å². The predicted molar refractivity (Wildman–Crippen MR) is 81.0 cm³/mol. The van der Waals surface area contributed by atoms with Crippen LogP contribution < -0.4 is 5.32 Å². The third-order valence-electron chi connectivity index (χ3n) is 4.50. The van der Waals surface area contributed by atoms with E-state index in [9.17, 15) is 0 Å². The van der Waals surface area contributed by atoms with Gasteiger partial charge in [-0.25, -0.2) is 0 Å². The standard InChI is InChI=1S/C16H34N2/c1-5-7-8-15(6-2)13-17-16-9-11-18(12-10-16)14(3)4/h14-17H,5-13H2,1-4H3/t15-/m0/s1. The lowest BCUT2D eigenvalue weighted by atomic mass is 9.97. The van der Waals surface area contributed by atoms with E-state index in [1.807, 2.05) is 0 Å². The molecule has 0 saturated carbocycles. The SMILES string of the molecule is CCCC[C@H](CC)CNC1CCN(C(C)C)CC1. The maximum Gasteiger partial charge on any atom is 0.00915 e. The van der Waals surface area contributed by atoms with Crippen LogP contribution in [0.15, 0.2) is 0 Å². The van der Waals surface area contributed by atoms with Gasteiger partial charge in [0.05, 0.1) is 0 Å². The molecule has 0 bridgehead atoms. The molecule has 0 aromatic heterocycles. The molecular weight excluding hydrogens is 220 g/mol. The van der Waals surface area contributed by atoms with Gasteiger partial charge in [-0.1, -0.05) is 33.1 Å². The largest absolute Gasteiger partial charge is 0.314 e. The van der Waals surface area contributed by atoms with Gasteiger partial charge in [-0.15, -0.1) is 0 Å². The summed E-state index contributed by atoms with van der Waals surface area (Å²) in [6, 6.07) is 1.49. The van der Waals surface area contributed by atoms with Crippen LogP contribution in [-0.2, 0) is 0 Å². The first-order chi connectivity index (χ1) is 8.67. The van der Waals surface area contributed by atoms with Crippen molar-refractivity contribution in [3.8, 4) is 0 Å². The molecule has 0 spiro atoms. The molecule has 0 unspecified atom stereocenters. The summed E-state index contributed by atoms with van der Waals surface area (Å²) in [6.07, 6.45) is 8.14. The lowest BCUT2D eigenvalue weighted by Gasteiger charge is -2.35. The smallest absolute Gasteiger partial charge is 0.00915 e. The van der Waals surface area contributed by atoms with E-state index in [0.717, 1.165) is 18.0 Å². The van der Waals surface area contributed by atoms with Gasteiger partial charge >= 0.3 is 0 Å². The zero-order valence-electron chi connectivity index (χ0n) is 13.0. The Morgan fingerprint density at radius 3 is 2.33 bits per heavy atom. The molecule has 0 radical (unpaired) electrons. The van der Waals surface area contributed by atoms with Crippen LogP contribution in [0.3, 0.4) is 0 Å². The number of hydrogen-bond donors (Lipinski definition) is 1. The van der Waals surface area contributed by atoms with Gasteiger partial charge in [0.1, 0.15) is 0 Å². The van der Waals surface area contributed by atoms with Crippen LogP contribution in [0, 0.1) is 5.92 Å². The number of nitrogens with zero attached hydrogens (tertiary/aromatic N) is 1.